The van der Waals surface area contributed by atoms with Gasteiger partial charge >= 0.3 is 0 Å². The second-order valence-corrected chi connectivity index (χ2v) is 8.72. The first kappa shape index (κ1) is 22.6. The molecular formula is C26H29N3O4. The third-order valence-corrected chi connectivity index (χ3v) is 6.11. The molecule has 0 bridgehead atoms. The van der Waals surface area contributed by atoms with Crippen molar-refractivity contribution in [3.05, 3.63) is 65.4 Å². The summed E-state index contributed by atoms with van der Waals surface area (Å²) in [4.78, 5) is 41.9. The van der Waals surface area contributed by atoms with Crippen molar-refractivity contribution in [2.75, 3.05) is 25.5 Å². The predicted molar refractivity (Wildman–Crippen MR) is 126 cm³/mol. The lowest BCUT2D eigenvalue weighted by atomic mass is 9.97. The number of nitrogens with zero attached hydrogens (tertiary/aromatic N) is 2. The Morgan fingerprint density at radius 2 is 1.76 bits per heavy atom. The molecule has 0 radical (unpaired) electrons. The number of imide groups is 1. The summed E-state index contributed by atoms with van der Waals surface area (Å²) in [6.45, 7) is 5.32. The smallest absolute Gasteiger partial charge is 0.278 e. The highest BCUT2D eigenvalue weighted by Crippen LogP contribution is 2.35. The van der Waals surface area contributed by atoms with Crippen molar-refractivity contribution in [3.8, 4) is 5.75 Å². The number of anilines is 1. The van der Waals surface area contributed by atoms with Crippen LogP contribution < -0.4 is 10.1 Å². The predicted octanol–water partition coefficient (Wildman–Crippen LogP) is 3.67. The molecule has 2 heterocycles. The summed E-state index contributed by atoms with van der Waals surface area (Å²) in [5.74, 6) is 0.456. The Labute approximate surface area is 194 Å². The molecule has 2 aromatic rings. The average molecular weight is 448 g/mol. The quantitative estimate of drug-likeness (QED) is 0.684. The van der Waals surface area contributed by atoms with Gasteiger partial charge in [0, 0.05) is 25.7 Å². The maximum atomic E-state index is 13.6. The van der Waals surface area contributed by atoms with Crippen LogP contribution in [0.4, 0.5) is 5.69 Å². The van der Waals surface area contributed by atoms with Crippen LogP contribution in [0.3, 0.4) is 0 Å². The van der Waals surface area contributed by atoms with E-state index in [9.17, 15) is 14.4 Å². The first-order valence-electron chi connectivity index (χ1n) is 11.2. The van der Waals surface area contributed by atoms with Crippen molar-refractivity contribution in [2.24, 2.45) is 5.92 Å². The lowest BCUT2D eigenvalue weighted by molar-refractivity contribution is -0.138. The number of likely N-dealkylation sites (tertiary alicyclic amines) is 1. The van der Waals surface area contributed by atoms with Crippen LogP contribution in [0.1, 0.15) is 37.8 Å². The van der Waals surface area contributed by atoms with Gasteiger partial charge in [0.1, 0.15) is 11.4 Å². The van der Waals surface area contributed by atoms with E-state index in [1.165, 1.54) is 11.8 Å². The number of amides is 3. The Balaban J connectivity index is 1.68. The lowest BCUT2D eigenvalue weighted by Crippen LogP contribution is -2.39. The Hall–Kier alpha value is -3.61. The summed E-state index contributed by atoms with van der Waals surface area (Å²) < 4.78 is 5.21. The van der Waals surface area contributed by atoms with Gasteiger partial charge in [-0.25, -0.2) is 0 Å². The molecule has 1 atom stereocenters. The van der Waals surface area contributed by atoms with Gasteiger partial charge in [0.2, 0.25) is 5.91 Å². The van der Waals surface area contributed by atoms with Gasteiger partial charge in [0.05, 0.1) is 19.2 Å². The van der Waals surface area contributed by atoms with E-state index in [1.54, 1.807) is 31.4 Å². The van der Waals surface area contributed by atoms with Crippen molar-refractivity contribution in [1.29, 1.82) is 0 Å². The first-order chi connectivity index (χ1) is 15.9. The number of nitrogens with one attached hydrogen (secondary N) is 1. The number of rotatable bonds is 6. The summed E-state index contributed by atoms with van der Waals surface area (Å²) in [6.07, 6.45) is 2.10. The largest absolute Gasteiger partial charge is 0.497 e. The van der Waals surface area contributed by atoms with Crippen LogP contribution in [0.25, 0.3) is 5.57 Å². The zero-order chi connectivity index (χ0) is 23.5. The van der Waals surface area contributed by atoms with Crippen LogP contribution >= 0.6 is 0 Å². The highest BCUT2D eigenvalue weighted by atomic mass is 16.5. The standard InChI is InChI=1S/C26H29N3O4/c1-17-5-4-14-28(15-17)24-23(20-8-10-21(11-9-20)27-18(2)30)25(31)29(26(24)32)16-19-6-12-22(33-3)13-7-19/h6-13,17H,4-5,14-16H2,1-3H3,(H,27,30). The fourth-order valence-electron chi connectivity index (χ4n) is 4.49. The van der Waals surface area contributed by atoms with Gasteiger partial charge in [-0.15, -0.1) is 0 Å². The molecule has 0 aliphatic carbocycles. The number of carbonyl (C=O) groups excluding carboxylic acids is 3. The maximum absolute atomic E-state index is 13.6. The lowest BCUT2D eigenvalue weighted by Gasteiger charge is -2.33. The van der Waals surface area contributed by atoms with E-state index in [2.05, 4.69) is 17.1 Å². The molecule has 0 aromatic heterocycles. The van der Waals surface area contributed by atoms with E-state index in [0.717, 1.165) is 37.2 Å². The molecule has 4 rings (SSSR count). The Bertz CT molecular complexity index is 1090. The van der Waals surface area contributed by atoms with Crippen LogP contribution in [0.15, 0.2) is 54.2 Å². The minimum atomic E-state index is -0.295. The summed E-state index contributed by atoms with van der Waals surface area (Å²) in [7, 11) is 1.60. The normalized spacial score (nSPS) is 18.7. The van der Waals surface area contributed by atoms with Crippen molar-refractivity contribution in [3.63, 3.8) is 0 Å². The molecule has 1 saturated heterocycles. The van der Waals surface area contributed by atoms with Gasteiger partial charge < -0.3 is 15.0 Å². The summed E-state index contributed by atoms with van der Waals surface area (Å²) in [6, 6.07) is 14.5. The minimum Gasteiger partial charge on any atom is -0.497 e. The van der Waals surface area contributed by atoms with E-state index < -0.39 is 0 Å². The molecule has 2 aromatic carbocycles. The fraction of sp³-hybridized carbons (Fsp3) is 0.346. The van der Waals surface area contributed by atoms with Crippen LogP contribution in [-0.4, -0.2) is 47.7 Å². The summed E-state index contributed by atoms with van der Waals surface area (Å²) in [5, 5.41) is 2.74. The fourth-order valence-corrected chi connectivity index (χ4v) is 4.49. The van der Waals surface area contributed by atoms with E-state index in [1.807, 2.05) is 24.3 Å². The van der Waals surface area contributed by atoms with Gasteiger partial charge in [-0.05, 0) is 54.2 Å². The number of benzene rings is 2. The van der Waals surface area contributed by atoms with Crippen molar-refractivity contribution >= 4 is 29.0 Å². The van der Waals surface area contributed by atoms with Gasteiger partial charge in [0.25, 0.3) is 11.8 Å². The van der Waals surface area contributed by atoms with E-state index in [0.29, 0.717) is 28.4 Å². The highest BCUT2D eigenvalue weighted by Gasteiger charge is 2.42. The van der Waals surface area contributed by atoms with E-state index >= 15 is 0 Å². The van der Waals surface area contributed by atoms with Gasteiger partial charge in [-0.1, -0.05) is 31.2 Å². The molecule has 2 aliphatic rings. The third kappa shape index (κ3) is 4.77. The maximum Gasteiger partial charge on any atom is 0.278 e. The van der Waals surface area contributed by atoms with Gasteiger partial charge in [-0.3, -0.25) is 19.3 Å². The molecule has 7 heteroatoms. The zero-order valence-electron chi connectivity index (χ0n) is 19.3. The van der Waals surface area contributed by atoms with Crippen LogP contribution in [0.2, 0.25) is 0 Å². The molecule has 1 N–H and O–H groups in total. The van der Waals surface area contributed by atoms with Crippen molar-refractivity contribution in [2.45, 2.75) is 33.2 Å². The average Bonchev–Trinajstić information content (AvgIpc) is 3.04. The molecule has 0 saturated carbocycles. The molecule has 7 nitrogen and oxygen atoms in total. The van der Waals surface area contributed by atoms with Crippen LogP contribution in [0.5, 0.6) is 5.75 Å². The Morgan fingerprint density at radius 3 is 2.36 bits per heavy atom. The second kappa shape index (κ2) is 9.48. The molecule has 2 aliphatic heterocycles. The number of methoxy groups -OCH3 is 1. The SMILES string of the molecule is COc1ccc(CN2C(=O)C(c3ccc(NC(C)=O)cc3)=C(N3CCCC(C)C3)C2=O)cc1. The molecule has 0 spiro atoms. The second-order valence-electron chi connectivity index (χ2n) is 8.72. The molecule has 1 unspecified atom stereocenters. The van der Waals surface area contributed by atoms with Crippen LogP contribution in [-0.2, 0) is 20.9 Å². The highest BCUT2D eigenvalue weighted by molar-refractivity contribution is 6.35. The zero-order valence-corrected chi connectivity index (χ0v) is 19.3. The number of carbonyl (C=O) groups is 3. The minimum absolute atomic E-state index is 0.164. The summed E-state index contributed by atoms with van der Waals surface area (Å²) in [5.41, 5.74) is 3.08. The van der Waals surface area contributed by atoms with Gasteiger partial charge in [0.15, 0.2) is 0 Å². The molecule has 3 amide bonds. The third-order valence-electron chi connectivity index (χ3n) is 6.11. The topological polar surface area (TPSA) is 79.0 Å². The number of hydrogen-bond acceptors (Lipinski definition) is 5. The number of hydrogen-bond donors (Lipinski definition) is 1. The van der Waals surface area contributed by atoms with E-state index in [4.69, 9.17) is 4.74 Å². The molecular weight excluding hydrogens is 418 g/mol. The van der Waals surface area contributed by atoms with E-state index in [-0.39, 0.29) is 24.3 Å². The monoisotopic (exact) mass is 447 g/mol. The summed E-state index contributed by atoms with van der Waals surface area (Å²) >= 11 is 0. The Kier molecular flexibility index (Phi) is 6.49. The number of ether oxygens (including phenoxy) is 1. The van der Waals surface area contributed by atoms with Crippen molar-refractivity contribution < 1.29 is 19.1 Å². The number of piperidine rings is 1. The molecule has 33 heavy (non-hydrogen) atoms. The molecule has 1 fully saturated rings. The Morgan fingerprint density at radius 1 is 1.06 bits per heavy atom. The van der Waals surface area contributed by atoms with Crippen molar-refractivity contribution in [1.82, 2.24) is 9.80 Å². The van der Waals surface area contributed by atoms with Gasteiger partial charge in [-0.2, -0.15) is 0 Å². The first-order valence-corrected chi connectivity index (χ1v) is 11.2. The molecule has 172 valence electrons. The van der Waals surface area contributed by atoms with Crippen LogP contribution in [0, 0.1) is 5.92 Å².